The Kier molecular flexibility index (Phi) is 12.6. The lowest BCUT2D eigenvalue weighted by Gasteiger charge is -2.35. The molecule has 0 heterocycles. The number of halogens is 9. The fourth-order valence-electron chi connectivity index (χ4n) is 1.39. The highest BCUT2D eigenvalue weighted by Crippen LogP contribution is 2.64. The second-order valence-electron chi connectivity index (χ2n) is 5.03. The molecule has 0 aromatic rings. The Bertz CT molecular complexity index is 425. The molecule has 0 aliphatic rings. The fraction of sp³-hybridized carbons (Fsp3) is 1.00. The van der Waals surface area contributed by atoms with Crippen LogP contribution in [0.4, 0.5) is 0 Å². The molecule has 0 radical (unpaired) electrons. The van der Waals surface area contributed by atoms with E-state index in [-0.39, 0.29) is 19.3 Å². The van der Waals surface area contributed by atoms with Gasteiger partial charge >= 0.3 is 7.82 Å². The number of rotatable bonds is 12. The summed E-state index contributed by atoms with van der Waals surface area (Å²) in [5.74, 6) is 0. The Morgan fingerprint density at radius 1 is 0.654 bits per heavy atom. The molecule has 3 unspecified atom stereocenters. The molecule has 14 heteroatoms. The monoisotopic (exact) mass is 572 g/mol. The Morgan fingerprint density at radius 2 is 0.846 bits per heavy atom. The molecule has 4 nitrogen and oxygen atoms in total. The van der Waals surface area contributed by atoms with Crippen LogP contribution < -0.4 is 0 Å². The van der Waals surface area contributed by atoms with Gasteiger partial charge in [0, 0.05) is 0 Å². The van der Waals surface area contributed by atoms with Crippen molar-refractivity contribution in [3.05, 3.63) is 0 Å². The van der Waals surface area contributed by atoms with Gasteiger partial charge in [-0.1, -0.05) is 90.4 Å². The highest BCUT2D eigenvalue weighted by atomic mass is 35.5. The molecule has 0 fully saturated rings. The highest BCUT2D eigenvalue weighted by molar-refractivity contribution is 7.49. The zero-order valence-electron chi connectivity index (χ0n) is 13.8. The van der Waals surface area contributed by atoms with Gasteiger partial charge in [-0.3, -0.25) is 0 Å². The van der Waals surface area contributed by atoms with E-state index in [2.05, 4.69) is 0 Å². The van der Waals surface area contributed by atoms with Crippen molar-refractivity contribution in [3.63, 3.8) is 0 Å². The number of phosphoric ester groups is 1. The summed E-state index contributed by atoms with van der Waals surface area (Å²) < 4.78 is 21.8. The number of hydrogen-bond acceptors (Lipinski definition) is 4. The first-order valence-corrected chi connectivity index (χ1v) is 12.4. The van der Waals surface area contributed by atoms with Gasteiger partial charge in [-0.15, -0.1) is 34.8 Å². The van der Waals surface area contributed by atoms with Crippen molar-refractivity contribution in [1.82, 2.24) is 0 Å². The molecule has 0 aliphatic carbocycles. The molecule has 0 spiro atoms. The van der Waals surface area contributed by atoms with E-state index in [4.69, 9.17) is 118 Å². The van der Waals surface area contributed by atoms with E-state index in [0.717, 1.165) is 0 Å². The van der Waals surface area contributed by atoms with Gasteiger partial charge in [-0.25, -0.2) is 18.1 Å². The molecule has 0 amide bonds. The summed E-state index contributed by atoms with van der Waals surface area (Å²) in [6.45, 7) is 4.98. The molecule has 0 aliphatic heterocycles. The van der Waals surface area contributed by atoms with Crippen molar-refractivity contribution in [2.24, 2.45) is 0 Å². The average Bonchev–Trinajstić information content (AvgIpc) is 2.49. The summed E-state index contributed by atoms with van der Waals surface area (Å²) >= 11 is 53.9. The third-order valence-electron chi connectivity index (χ3n) is 2.87. The van der Waals surface area contributed by atoms with Crippen LogP contribution in [0.5, 0.6) is 0 Å². The third kappa shape index (κ3) is 8.84. The summed E-state index contributed by atoms with van der Waals surface area (Å²) in [5, 5.41) is -3.03. The van der Waals surface area contributed by atoms with Crippen LogP contribution in [-0.2, 0) is 18.1 Å². The molecule has 0 aromatic carbocycles. The Balaban J connectivity index is 5.84. The van der Waals surface area contributed by atoms with Gasteiger partial charge in [0.2, 0.25) is 13.6 Å². The van der Waals surface area contributed by atoms with E-state index in [1.54, 1.807) is 20.8 Å². The molecule has 0 aromatic heterocycles. The predicted molar refractivity (Wildman–Crippen MR) is 114 cm³/mol. The molecule has 0 saturated heterocycles. The number of phosphoric acid groups is 1. The van der Waals surface area contributed by atoms with E-state index in [0.29, 0.717) is 0 Å². The first-order chi connectivity index (χ1) is 11.6. The van der Waals surface area contributed by atoms with Gasteiger partial charge in [0.1, 0.15) is 0 Å². The van der Waals surface area contributed by atoms with Crippen molar-refractivity contribution >= 4 is 112 Å². The minimum Gasteiger partial charge on any atom is -0.248 e. The smallest absolute Gasteiger partial charge is 0.248 e. The van der Waals surface area contributed by atoms with Gasteiger partial charge in [-0.05, 0) is 19.3 Å². The molecule has 0 saturated carbocycles. The lowest BCUT2D eigenvalue weighted by Crippen LogP contribution is -2.36. The second-order valence-corrected chi connectivity index (χ2v) is 12.0. The van der Waals surface area contributed by atoms with Gasteiger partial charge in [0.25, 0.3) is 0 Å². The van der Waals surface area contributed by atoms with Gasteiger partial charge < -0.3 is 0 Å². The maximum atomic E-state index is 13.2. The first-order valence-electron chi connectivity index (χ1n) is 7.34. The highest BCUT2D eigenvalue weighted by Gasteiger charge is 2.53. The standard InChI is InChI=1S/C12H18Cl9O4P/c1-4-7(13)10(16,17)23-26(22,24-11(18,19)8(14)5-2)25-12(20,21)9(15)6-3/h7-9H,4-6H2,1-3H3. The minimum absolute atomic E-state index is 0.245. The van der Waals surface area contributed by atoms with E-state index in [1.807, 2.05) is 0 Å². The summed E-state index contributed by atoms with van der Waals surface area (Å²) in [5.41, 5.74) is 0. The van der Waals surface area contributed by atoms with Crippen LogP contribution in [0.3, 0.4) is 0 Å². The minimum atomic E-state index is -4.83. The van der Waals surface area contributed by atoms with Crippen molar-refractivity contribution < 1.29 is 18.1 Å². The van der Waals surface area contributed by atoms with E-state index < -0.39 is 37.5 Å². The van der Waals surface area contributed by atoms with Crippen molar-refractivity contribution in [2.45, 2.75) is 69.7 Å². The lowest BCUT2D eigenvalue weighted by molar-refractivity contribution is 0.0513. The van der Waals surface area contributed by atoms with Crippen LogP contribution in [0.25, 0.3) is 0 Å². The van der Waals surface area contributed by atoms with E-state index in [9.17, 15) is 4.57 Å². The summed E-state index contributed by atoms with van der Waals surface area (Å²) in [6, 6.07) is 0. The van der Waals surface area contributed by atoms with E-state index >= 15 is 0 Å². The Hall–Kier alpha value is 2.72. The first kappa shape index (κ1) is 28.7. The third-order valence-corrected chi connectivity index (χ3v) is 9.61. The topological polar surface area (TPSA) is 44.8 Å². The Morgan fingerprint density at radius 3 is 1.00 bits per heavy atom. The van der Waals surface area contributed by atoms with Crippen molar-refractivity contribution in [3.8, 4) is 0 Å². The van der Waals surface area contributed by atoms with Crippen LogP contribution >= 0.6 is 112 Å². The largest absolute Gasteiger partial charge is 0.482 e. The molecule has 0 rings (SSSR count). The summed E-state index contributed by atoms with van der Waals surface area (Å²) in [6.07, 6.45) is 0.734. The van der Waals surface area contributed by atoms with Crippen LogP contribution in [0.1, 0.15) is 40.0 Å². The van der Waals surface area contributed by atoms with Crippen LogP contribution in [0, 0.1) is 0 Å². The van der Waals surface area contributed by atoms with Gasteiger partial charge in [-0.2, -0.15) is 0 Å². The molecule has 3 atom stereocenters. The molecule has 0 bridgehead atoms. The van der Waals surface area contributed by atoms with Gasteiger partial charge in [0.15, 0.2) is 0 Å². The normalized spacial score (nSPS) is 19.7. The summed E-state index contributed by atoms with van der Waals surface area (Å²) in [4.78, 5) is 0. The maximum Gasteiger partial charge on any atom is 0.482 e. The van der Waals surface area contributed by atoms with Gasteiger partial charge in [0.05, 0.1) is 16.1 Å². The van der Waals surface area contributed by atoms with Crippen molar-refractivity contribution in [1.29, 1.82) is 0 Å². The second kappa shape index (κ2) is 11.4. The molecule has 158 valence electrons. The number of alkyl halides is 9. The van der Waals surface area contributed by atoms with Crippen molar-refractivity contribution in [2.75, 3.05) is 0 Å². The van der Waals surface area contributed by atoms with Crippen LogP contribution in [0.15, 0.2) is 0 Å². The Labute approximate surface area is 198 Å². The maximum absolute atomic E-state index is 13.2. The van der Waals surface area contributed by atoms with E-state index in [1.165, 1.54) is 0 Å². The van der Waals surface area contributed by atoms with Crippen LogP contribution in [-0.4, -0.2) is 29.7 Å². The molecular weight excluding hydrogens is 558 g/mol. The average molecular weight is 576 g/mol. The predicted octanol–water partition coefficient (Wildman–Crippen LogP) is 8.59. The molecule has 26 heavy (non-hydrogen) atoms. The molecular formula is C12H18Cl9O4P. The quantitative estimate of drug-likeness (QED) is 0.173. The lowest BCUT2D eigenvalue weighted by atomic mass is 10.3. The summed E-state index contributed by atoms with van der Waals surface area (Å²) in [7, 11) is -4.83. The zero-order chi connectivity index (χ0) is 21.0. The molecule has 0 N–H and O–H groups in total. The SMILES string of the molecule is CCC(Cl)C(Cl)(Cl)OP(=O)(OC(Cl)(Cl)C(Cl)CC)OC(Cl)(Cl)C(Cl)CC. The van der Waals surface area contributed by atoms with Crippen LogP contribution in [0.2, 0.25) is 0 Å². The number of hydrogen-bond donors (Lipinski definition) is 0. The zero-order valence-corrected chi connectivity index (χ0v) is 21.5. The fourth-order valence-corrected chi connectivity index (χ4v) is 5.54.